The van der Waals surface area contributed by atoms with Gasteiger partial charge in [-0.2, -0.15) is 0 Å². The molecule has 0 atom stereocenters. The molecule has 2 N–H and O–H groups in total. The number of amides is 1. The Bertz CT molecular complexity index is 413. The summed E-state index contributed by atoms with van der Waals surface area (Å²) in [5.41, 5.74) is 2.01. The normalized spacial score (nSPS) is 15.9. The summed E-state index contributed by atoms with van der Waals surface area (Å²) in [5, 5.41) is 6.36. The highest BCUT2D eigenvalue weighted by atomic mass is 16.1. The fourth-order valence-electron chi connectivity index (χ4n) is 1.98. The SMILES string of the molecule is CC(C)(C)Nc1ccc(NC(=O)C2CCC2)cc1. The Balaban J connectivity index is 1.92. The summed E-state index contributed by atoms with van der Waals surface area (Å²) in [6.45, 7) is 6.37. The Morgan fingerprint density at radius 2 is 1.67 bits per heavy atom. The number of hydrogen-bond acceptors (Lipinski definition) is 2. The molecule has 3 heteroatoms. The van der Waals surface area contributed by atoms with Gasteiger partial charge in [0, 0.05) is 22.8 Å². The minimum absolute atomic E-state index is 0.0523. The first kappa shape index (κ1) is 12.9. The van der Waals surface area contributed by atoms with E-state index in [1.165, 1.54) is 6.42 Å². The predicted octanol–water partition coefficient (Wildman–Crippen LogP) is 3.64. The molecule has 1 fully saturated rings. The van der Waals surface area contributed by atoms with E-state index in [1.807, 2.05) is 24.3 Å². The lowest BCUT2D eigenvalue weighted by atomic mass is 9.85. The van der Waals surface area contributed by atoms with Crippen LogP contribution in [-0.4, -0.2) is 11.4 Å². The molecule has 98 valence electrons. The van der Waals surface area contributed by atoms with Gasteiger partial charge in [-0.1, -0.05) is 6.42 Å². The summed E-state index contributed by atoms with van der Waals surface area (Å²) in [7, 11) is 0. The van der Waals surface area contributed by atoms with Crippen molar-refractivity contribution in [2.75, 3.05) is 10.6 Å². The molecule has 1 aliphatic carbocycles. The summed E-state index contributed by atoms with van der Waals surface area (Å²) < 4.78 is 0. The van der Waals surface area contributed by atoms with E-state index in [0.717, 1.165) is 24.2 Å². The number of rotatable bonds is 3. The number of benzene rings is 1. The van der Waals surface area contributed by atoms with Gasteiger partial charge in [-0.3, -0.25) is 4.79 Å². The maximum atomic E-state index is 11.8. The molecule has 0 radical (unpaired) electrons. The van der Waals surface area contributed by atoms with Gasteiger partial charge in [0.2, 0.25) is 5.91 Å². The lowest BCUT2D eigenvalue weighted by molar-refractivity contribution is -0.122. The van der Waals surface area contributed by atoms with E-state index in [0.29, 0.717) is 0 Å². The molecule has 0 aromatic heterocycles. The van der Waals surface area contributed by atoms with E-state index in [2.05, 4.69) is 31.4 Å². The van der Waals surface area contributed by atoms with Crippen LogP contribution in [-0.2, 0) is 4.79 Å². The molecule has 1 amide bonds. The molecule has 18 heavy (non-hydrogen) atoms. The second kappa shape index (κ2) is 5.01. The first-order valence-electron chi connectivity index (χ1n) is 6.63. The van der Waals surface area contributed by atoms with Crippen molar-refractivity contribution in [1.29, 1.82) is 0 Å². The Morgan fingerprint density at radius 1 is 1.11 bits per heavy atom. The third kappa shape index (κ3) is 3.49. The fourth-order valence-corrected chi connectivity index (χ4v) is 1.98. The van der Waals surface area contributed by atoms with Crippen LogP contribution in [0.3, 0.4) is 0 Å². The minimum Gasteiger partial charge on any atom is -0.380 e. The minimum atomic E-state index is 0.0523. The Morgan fingerprint density at radius 3 is 2.11 bits per heavy atom. The van der Waals surface area contributed by atoms with Crippen molar-refractivity contribution in [2.24, 2.45) is 5.92 Å². The van der Waals surface area contributed by atoms with Crippen molar-refractivity contribution in [3.8, 4) is 0 Å². The molecule has 1 aromatic rings. The third-order valence-electron chi connectivity index (χ3n) is 3.15. The molecule has 0 spiro atoms. The lowest BCUT2D eigenvalue weighted by Crippen LogP contribution is -2.28. The van der Waals surface area contributed by atoms with Crippen molar-refractivity contribution in [3.05, 3.63) is 24.3 Å². The van der Waals surface area contributed by atoms with Crippen molar-refractivity contribution in [3.63, 3.8) is 0 Å². The Kier molecular flexibility index (Phi) is 3.60. The van der Waals surface area contributed by atoms with Gasteiger partial charge in [-0.25, -0.2) is 0 Å². The number of carbonyl (C=O) groups is 1. The van der Waals surface area contributed by atoms with Gasteiger partial charge in [-0.05, 0) is 57.9 Å². The molecule has 0 aliphatic heterocycles. The molecule has 2 rings (SSSR count). The van der Waals surface area contributed by atoms with Crippen LogP contribution in [0.15, 0.2) is 24.3 Å². The number of hydrogen-bond donors (Lipinski definition) is 2. The highest BCUT2D eigenvalue weighted by molar-refractivity contribution is 5.93. The van der Waals surface area contributed by atoms with Gasteiger partial charge in [0.25, 0.3) is 0 Å². The van der Waals surface area contributed by atoms with Crippen LogP contribution < -0.4 is 10.6 Å². The quantitative estimate of drug-likeness (QED) is 0.855. The average Bonchev–Trinajstić information content (AvgIpc) is 2.16. The number of carbonyl (C=O) groups excluding carboxylic acids is 1. The summed E-state index contributed by atoms with van der Waals surface area (Å²) in [6, 6.07) is 7.90. The zero-order valence-corrected chi connectivity index (χ0v) is 11.4. The Hall–Kier alpha value is -1.51. The third-order valence-corrected chi connectivity index (χ3v) is 3.15. The van der Waals surface area contributed by atoms with E-state index in [-0.39, 0.29) is 17.4 Å². The second-order valence-electron chi connectivity index (χ2n) is 6.07. The maximum absolute atomic E-state index is 11.8. The van der Waals surface area contributed by atoms with E-state index in [9.17, 15) is 4.79 Å². The van der Waals surface area contributed by atoms with Gasteiger partial charge in [-0.15, -0.1) is 0 Å². The molecular formula is C15H22N2O. The van der Waals surface area contributed by atoms with E-state index in [4.69, 9.17) is 0 Å². The van der Waals surface area contributed by atoms with E-state index >= 15 is 0 Å². The van der Waals surface area contributed by atoms with Gasteiger partial charge in [0.1, 0.15) is 0 Å². The molecule has 0 heterocycles. The first-order valence-corrected chi connectivity index (χ1v) is 6.63. The molecular weight excluding hydrogens is 224 g/mol. The monoisotopic (exact) mass is 246 g/mol. The zero-order valence-electron chi connectivity index (χ0n) is 11.4. The van der Waals surface area contributed by atoms with E-state index in [1.54, 1.807) is 0 Å². The molecule has 3 nitrogen and oxygen atoms in total. The van der Waals surface area contributed by atoms with Crippen LogP contribution in [0, 0.1) is 5.92 Å². The summed E-state index contributed by atoms with van der Waals surface area (Å²) in [6.07, 6.45) is 3.26. The molecule has 0 saturated heterocycles. The lowest BCUT2D eigenvalue weighted by Gasteiger charge is -2.24. The van der Waals surface area contributed by atoms with Crippen LogP contribution >= 0.6 is 0 Å². The van der Waals surface area contributed by atoms with Crippen molar-refractivity contribution < 1.29 is 4.79 Å². The Labute approximate surface area is 109 Å². The highest BCUT2D eigenvalue weighted by Crippen LogP contribution is 2.27. The highest BCUT2D eigenvalue weighted by Gasteiger charge is 2.25. The van der Waals surface area contributed by atoms with Crippen LogP contribution in [0.1, 0.15) is 40.0 Å². The van der Waals surface area contributed by atoms with E-state index < -0.39 is 0 Å². The van der Waals surface area contributed by atoms with Crippen LogP contribution in [0.4, 0.5) is 11.4 Å². The van der Waals surface area contributed by atoms with Gasteiger partial charge in [0.05, 0.1) is 0 Å². The van der Waals surface area contributed by atoms with Crippen LogP contribution in [0.2, 0.25) is 0 Å². The largest absolute Gasteiger partial charge is 0.380 e. The average molecular weight is 246 g/mol. The summed E-state index contributed by atoms with van der Waals surface area (Å²) in [4.78, 5) is 11.8. The maximum Gasteiger partial charge on any atom is 0.227 e. The van der Waals surface area contributed by atoms with Gasteiger partial charge >= 0.3 is 0 Å². The summed E-state index contributed by atoms with van der Waals surface area (Å²) >= 11 is 0. The van der Waals surface area contributed by atoms with Gasteiger partial charge in [0.15, 0.2) is 0 Å². The molecule has 0 unspecified atom stereocenters. The van der Waals surface area contributed by atoms with Crippen molar-refractivity contribution in [1.82, 2.24) is 0 Å². The van der Waals surface area contributed by atoms with Gasteiger partial charge < -0.3 is 10.6 Å². The zero-order chi connectivity index (χ0) is 13.2. The van der Waals surface area contributed by atoms with Crippen molar-refractivity contribution in [2.45, 2.75) is 45.6 Å². The van der Waals surface area contributed by atoms with Crippen molar-refractivity contribution >= 4 is 17.3 Å². The van der Waals surface area contributed by atoms with Crippen LogP contribution in [0.25, 0.3) is 0 Å². The first-order chi connectivity index (χ1) is 8.44. The molecule has 1 aromatic carbocycles. The number of nitrogens with one attached hydrogen (secondary N) is 2. The fraction of sp³-hybridized carbons (Fsp3) is 0.533. The predicted molar refractivity (Wildman–Crippen MR) is 75.8 cm³/mol. The summed E-state index contributed by atoms with van der Waals surface area (Å²) in [5.74, 6) is 0.398. The number of anilines is 2. The smallest absolute Gasteiger partial charge is 0.227 e. The molecule has 1 saturated carbocycles. The topological polar surface area (TPSA) is 41.1 Å². The second-order valence-corrected chi connectivity index (χ2v) is 6.07. The molecule has 0 bridgehead atoms. The standard InChI is InChI=1S/C15H22N2O/c1-15(2,3)17-13-9-7-12(8-10-13)16-14(18)11-5-4-6-11/h7-11,17H,4-6H2,1-3H3,(H,16,18). The molecule has 1 aliphatic rings. The van der Waals surface area contributed by atoms with Crippen LogP contribution in [0.5, 0.6) is 0 Å².